The molecule has 0 saturated heterocycles. The molecule has 1 aromatic rings. The maximum Gasteiger partial charge on any atom is 0.168 e. The van der Waals surface area contributed by atoms with Crippen LogP contribution in [0.5, 0.6) is 17.2 Å². The minimum absolute atomic E-state index is 0.00278. The Kier molecular flexibility index (Phi) is 3.64. The molecule has 0 amide bonds. The fraction of sp³-hybridized carbons (Fsp3) is 0.500. The van der Waals surface area contributed by atoms with E-state index in [9.17, 15) is 0 Å². The molecular formula is C12H16ClNO3. The summed E-state index contributed by atoms with van der Waals surface area (Å²) < 4.78 is 16.5. The summed E-state index contributed by atoms with van der Waals surface area (Å²) in [5.41, 5.74) is 6.72. The number of hydrogen-bond acceptors (Lipinski definition) is 4. The van der Waals surface area contributed by atoms with Crippen LogP contribution in [0, 0.1) is 0 Å². The number of methoxy groups -OCH3 is 1. The molecule has 1 heterocycles. The van der Waals surface area contributed by atoms with Crippen LogP contribution in [0.25, 0.3) is 0 Å². The molecule has 94 valence electrons. The SMILES string of the molecule is COc1c(Cl)cc2c(c1CC(C)N)OCCO2. The summed E-state index contributed by atoms with van der Waals surface area (Å²) in [5, 5.41) is 0.521. The Balaban J connectivity index is 2.53. The first kappa shape index (κ1) is 12.3. The van der Waals surface area contributed by atoms with Gasteiger partial charge in [-0.3, -0.25) is 0 Å². The van der Waals surface area contributed by atoms with E-state index < -0.39 is 0 Å². The summed E-state index contributed by atoms with van der Waals surface area (Å²) >= 11 is 6.15. The van der Waals surface area contributed by atoms with Crippen molar-refractivity contribution >= 4 is 11.6 Å². The van der Waals surface area contributed by atoms with Crippen LogP contribution in [0.2, 0.25) is 5.02 Å². The Bertz CT molecular complexity index is 421. The van der Waals surface area contributed by atoms with Gasteiger partial charge in [0.1, 0.15) is 19.0 Å². The predicted octanol–water partition coefficient (Wildman–Crippen LogP) is 2.01. The molecular weight excluding hydrogens is 242 g/mol. The number of rotatable bonds is 3. The highest BCUT2D eigenvalue weighted by Crippen LogP contribution is 2.44. The van der Waals surface area contributed by atoms with Gasteiger partial charge in [-0.1, -0.05) is 11.6 Å². The fourth-order valence-electron chi connectivity index (χ4n) is 1.93. The van der Waals surface area contributed by atoms with Gasteiger partial charge >= 0.3 is 0 Å². The number of halogens is 1. The molecule has 0 radical (unpaired) electrons. The second kappa shape index (κ2) is 5.02. The average molecular weight is 258 g/mol. The van der Waals surface area contributed by atoms with E-state index in [0.29, 0.717) is 41.9 Å². The Hall–Kier alpha value is -1.13. The molecule has 1 aliphatic rings. The summed E-state index contributed by atoms with van der Waals surface area (Å²) in [6.07, 6.45) is 0.634. The minimum atomic E-state index is -0.00278. The molecule has 0 bridgehead atoms. The van der Waals surface area contributed by atoms with Gasteiger partial charge in [0.15, 0.2) is 11.5 Å². The van der Waals surface area contributed by atoms with E-state index >= 15 is 0 Å². The van der Waals surface area contributed by atoms with Crippen LogP contribution in [0.15, 0.2) is 6.07 Å². The highest BCUT2D eigenvalue weighted by atomic mass is 35.5. The molecule has 2 rings (SSSR count). The Morgan fingerprint density at radius 2 is 2.18 bits per heavy atom. The summed E-state index contributed by atoms with van der Waals surface area (Å²) in [6.45, 7) is 2.99. The van der Waals surface area contributed by atoms with E-state index in [-0.39, 0.29) is 6.04 Å². The Morgan fingerprint density at radius 3 is 2.82 bits per heavy atom. The molecule has 0 aromatic heterocycles. The van der Waals surface area contributed by atoms with Gasteiger partial charge in [0.05, 0.1) is 12.1 Å². The highest BCUT2D eigenvalue weighted by Gasteiger charge is 2.23. The quantitative estimate of drug-likeness (QED) is 0.900. The normalized spacial score (nSPS) is 15.5. The zero-order valence-electron chi connectivity index (χ0n) is 9.96. The number of hydrogen-bond donors (Lipinski definition) is 1. The van der Waals surface area contributed by atoms with Gasteiger partial charge in [0.2, 0.25) is 0 Å². The predicted molar refractivity (Wildman–Crippen MR) is 66.3 cm³/mol. The zero-order valence-corrected chi connectivity index (χ0v) is 10.7. The van der Waals surface area contributed by atoms with Gasteiger partial charge in [0.25, 0.3) is 0 Å². The molecule has 1 unspecified atom stereocenters. The zero-order chi connectivity index (χ0) is 12.4. The molecule has 1 aliphatic heterocycles. The monoisotopic (exact) mass is 257 g/mol. The lowest BCUT2D eigenvalue weighted by molar-refractivity contribution is 0.169. The molecule has 17 heavy (non-hydrogen) atoms. The van der Waals surface area contributed by atoms with Crippen LogP contribution in [-0.2, 0) is 6.42 Å². The van der Waals surface area contributed by atoms with Crippen molar-refractivity contribution in [1.82, 2.24) is 0 Å². The van der Waals surface area contributed by atoms with E-state index in [1.807, 2.05) is 6.92 Å². The van der Waals surface area contributed by atoms with Gasteiger partial charge in [-0.05, 0) is 13.3 Å². The molecule has 2 N–H and O–H groups in total. The summed E-state index contributed by atoms with van der Waals surface area (Å²) in [4.78, 5) is 0. The van der Waals surface area contributed by atoms with E-state index in [4.69, 9.17) is 31.5 Å². The van der Waals surface area contributed by atoms with Gasteiger partial charge in [-0.15, -0.1) is 0 Å². The summed E-state index contributed by atoms with van der Waals surface area (Å²) in [7, 11) is 1.59. The standard InChI is InChI=1S/C12H16ClNO3/c1-7(14)5-8-11(15-2)9(13)6-10-12(8)17-4-3-16-10/h6-7H,3-5,14H2,1-2H3. The molecule has 1 aromatic carbocycles. The van der Waals surface area contributed by atoms with Crippen LogP contribution >= 0.6 is 11.6 Å². The topological polar surface area (TPSA) is 53.7 Å². The number of benzene rings is 1. The molecule has 0 saturated carbocycles. The van der Waals surface area contributed by atoms with Crippen LogP contribution in [-0.4, -0.2) is 26.4 Å². The van der Waals surface area contributed by atoms with Crippen molar-refractivity contribution in [3.8, 4) is 17.2 Å². The summed E-state index contributed by atoms with van der Waals surface area (Å²) in [5.74, 6) is 1.99. The Labute approximate surface area is 106 Å². The largest absolute Gasteiger partial charge is 0.495 e. The van der Waals surface area contributed by atoms with Gasteiger partial charge in [0, 0.05) is 17.7 Å². The maximum atomic E-state index is 6.15. The van der Waals surface area contributed by atoms with Gasteiger partial charge < -0.3 is 19.9 Å². The van der Waals surface area contributed by atoms with Crippen molar-refractivity contribution in [3.05, 3.63) is 16.7 Å². The van der Waals surface area contributed by atoms with Crippen LogP contribution < -0.4 is 19.9 Å². The molecule has 0 aliphatic carbocycles. The van der Waals surface area contributed by atoms with Crippen LogP contribution in [0.4, 0.5) is 0 Å². The third-order valence-electron chi connectivity index (χ3n) is 2.56. The first-order valence-corrected chi connectivity index (χ1v) is 5.91. The fourth-order valence-corrected chi connectivity index (χ4v) is 2.22. The van der Waals surface area contributed by atoms with E-state index in [2.05, 4.69) is 0 Å². The molecule has 5 heteroatoms. The first-order chi connectivity index (χ1) is 8.13. The van der Waals surface area contributed by atoms with Crippen molar-refractivity contribution in [2.24, 2.45) is 5.73 Å². The first-order valence-electron chi connectivity index (χ1n) is 5.54. The lowest BCUT2D eigenvalue weighted by atomic mass is 10.0. The molecule has 0 fully saturated rings. The van der Waals surface area contributed by atoms with Crippen LogP contribution in [0.3, 0.4) is 0 Å². The van der Waals surface area contributed by atoms with Crippen molar-refractivity contribution in [1.29, 1.82) is 0 Å². The van der Waals surface area contributed by atoms with Crippen LogP contribution in [0.1, 0.15) is 12.5 Å². The van der Waals surface area contributed by atoms with Crippen molar-refractivity contribution in [2.75, 3.05) is 20.3 Å². The third kappa shape index (κ3) is 2.42. The minimum Gasteiger partial charge on any atom is -0.495 e. The van der Waals surface area contributed by atoms with Crippen molar-refractivity contribution in [3.63, 3.8) is 0 Å². The number of fused-ring (bicyclic) bond motifs is 1. The Morgan fingerprint density at radius 1 is 1.47 bits per heavy atom. The number of nitrogens with two attached hydrogens (primary N) is 1. The van der Waals surface area contributed by atoms with Crippen molar-refractivity contribution in [2.45, 2.75) is 19.4 Å². The molecule has 0 spiro atoms. The van der Waals surface area contributed by atoms with Gasteiger partial charge in [-0.2, -0.15) is 0 Å². The average Bonchev–Trinajstić information content (AvgIpc) is 2.28. The smallest absolute Gasteiger partial charge is 0.168 e. The number of ether oxygens (including phenoxy) is 3. The van der Waals surface area contributed by atoms with E-state index in [1.54, 1.807) is 13.2 Å². The second-order valence-corrected chi connectivity index (χ2v) is 4.48. The van der Waals surface area contributed by atoms with Gasteiger partial charge in [-0.25, -0.2) is 0 Å². The molecule has 1 atom stereocenters. The second-order valence-electron chi connectivity index (χ2n) is 4.08. The molecule has 4 nitrogen and oxygen atoms in total. The highest BCUT2D eigenvalue weighted by molar-refractivity contribution is 6.32. The lowest BCUT2D eigenvalue weighted by Crippen LogP contribution is -2.22. The van der Waals surface area contributed by atoms with E-state index in [1.165, 1.54) is 0 Å². The third-order valence-corrected chi connectivity index (χ3v) is 2.84. The van der Waals surface area contributed by atoms with E-state index in [0.717, 1.165) is 5.56 Å². The summed E-state index contributed by atoms with van der Waals surface area (Å²) in [6, 6.07) is 1.72. The lowest BCUT2D eigenvalue weighted by Gasteiger charge is -2.24. The maximum absolute atomic E-state index is 6.15. The van der Waals surface area contributed by atoms with Crippen molar-refractivity contribution < 1.29 is 14.2 Å².